The van der Waals surface area contributed by atoms with E-state index in [1.54, 1.807) is 6.07 Å². The standard InChI is InChI=1S/C24H23FN2O4/c25-17-6-10-19(11-7-17)30-15-20-12-13-22(31-20)24(29)27-21(23(28)26-18-8-9-18)14-16-4-2-1-3-5-16/h1-7,10-13,18,21H,8-9,14-15H2,(H,26,28)(H,27,29). The molecular formula is C24H23FN2O4. The Balaban J connectivity index is 1.38. The summed E-state index contributed by atoms with van der Waals surface area (Å²) in [5.74, 6) is 0.00102. The van der Waals surface area contributed by atoms with Gasteiger partial charge in [-0.15, -0.1) is 0 Å². The zero-order valence-corrected chi connectivity index (χ0v) is 16.8. The molecular weight excluding hydrogens is 399 g/mol. The van der Waals surface area contributed by atoms with E-state index in [9.17, 15) is 14.0 Å². The lowest BCUT2D eigenvalue weighted by Crippen LogP contribution is -2.48. The van der Waals surface area contributed by atoms with Crippen molar-refractivity contribution in [2.75, 3.05) is 0 Å². The zero-order valence-electron chi connectivity index (χ0n) is 16.8. The number of amides is 2. The van der Waals surface area contributed by atoms with Gasteiger partial charge in [-0.05, 0) is 54.8 Å². The monoisotopic (exact) mass is 422 g/mol. The van der Waals surface area contributed by atoms with E-state index in [0.717, 1.165) is 18.4 Å². The molecule has 7 heteroatoms. The number of ether oxygens (including phenoxy) is 1. The number of halogens is 1. The minimum absolute atomic E-state index is 0.0918. The van der Waals surface area contributed by atoms with Gasteiger partial charge in [0.1, 0.15) is 30.0 Å². The summed E-state index contributed by atoms with van der Waals surface area (Å²) in [6.07, 6.45) is 2.31. The minimum Gasteiger partial charge on any atom is -0.486 e. The highest BCUT2D eigenvalue weighted by Gasteiger charge is 2.29. The molecule has 1 aromatic heterocycles. The van der Waals surface area contributed by atoms with E-state index in [2.05, 4.69) is 10.6 Å². The number of benzene rings is 2. The SMILES string of the molecule is O=C(NC(Cc1ccccc1)C(=O)NC1CC1)c1ccc(COc2ccc(F)cc2)o1. The highest BCUT2D eigenvalue weighted by atomic mass is 19.1. The second-order valence-corrected chi connectivity index (χ2v) is 7.51. The molecule has 160 valence electrons. The van der Waals surface area contributed by atoms with Gasteiger partial charge in [-0.3, -0.25) is 9.59 Å². The van der Waals surface area contributed by atoms with Crippen molar-refractivity contribution in [3.63, 3.8) is 0 Å². The van der Waals surface area contributed by atoms with Crippen molar-refractivity contribution < 1.29 is 23.1 Å². The number of nitrogens with one attached hydrogen (secondary N) is 2. The Morgan fingerprint density at radius 3 is 2.48 bits per heavy atom. The average Bonchev–Trinajstić information content (AvgIpc) is 3.46. The molecule has 3 aromatic rings. The van der Waals surface area contributed by atoms with Crippen LogP contribution in [0.15, 0.2) is 71.1 Å². The van der Waals surface area contributed by atoms with E-state index < -0.39 is 11.9 Å². The fraction of sp³-hybridized carbons (Fsp3) is 0.250. The van der Waals surface area contributed by atoms with Gasteiger partial charge in [0.2, 0.25) is 5.91 Å². The number of carbonyl (C=O) groups excluding carboxylic acids is 2. The van der Waals surface area contributed by atoms with E-state index in [-0.39, 0.29) is 30.1 Å². The molecule has 1 unspecified atom stereocenters. The molecule has 1 saturated carbocycles. The summed E-state index contributed by atoms with van der Waals surface area (Å²) in [6, 6.07) is 17.8. The fourth-order valence-electron chi connectivity index (χ4n) is 3.08. The normalized spacial score (nSPS) is 14.0. The largest absolute Gasteiger partial charge is 0.486 e. The summed E-state index contributed by atoms with van der Waals surface area (Å²) in [5.41, 5.74) is 0.951. The lowest BCUT2D eigenvalue weighted by molar-refractivity contribution is -0.123. The van der Waals surface area contributed by atoms with Crippen LogP contribution in [0, 0.1) is 5.82 Å². The van der Waals surface area contributed by atoms with Crippen LogP contribution in [0.25, 0.3) is 0 Å². The Hall–Kier alpha value is -3.61. The third-order valence-corrected chi connectivity index (χ3v) is 4.91. The first-order valence-corrected chi connectivity index (χ1v) is 10.2. The van der Waals surface area contributed by atoms with Crippen molar-refractivity contribution in [1.82, 2.24) is 10.6 Å². The third kappa shape index (κ3) is 5.94. The third-order valence-electron chi connectivity index (χ3n) is 4.91. The average molecular weight is 422 g/mol. The van der Waals surface area contributed by atoms with Crippen LogP contribution < -0.4 is 15.4 Å². The molecule has 1 fully saturated rings. The first-order chi connectivity index (χ1) is 15.1. The lowest BCUT2D eigenvalue weighted by Gasteiger charge is -2.18. The summed E-state index contributed by atoms with van der Waals surface area (Å²) < 4.78 is 24.1. The van der Waals surface area contributed by atoms with Gasteiger partial charge in [0, 0.05) is 12.5 Å². The fourth-order valence-corrected chi connectivity index (χ4v) is 3.08. The van der Waals surface area contributed by atoms with Crippen LogP contribution in [-0.4, -0.2) is 23.9 Å². The molecule has 6 nitrogen and oxygen atoms in total. The van der Waals surface area contributed by atoms with E-state index >= 15 is 0 Å². The molecule has 4 rings (SSSR count). The van der Waals surface area contributed by atoms with Crippen molar-refractivity contribution >= 4 is 11.8 Å². The molecule has 2 aromatic carbocycles. The second kappa shape index (κ2) is 9.47. The number of rotatable bonds is 9. The Labute approximate surface area is 179 Å². The molecule has 0 aliphatic heterocycles. The minimum atomic E-state index is -0.709. The van der Waals surface area contributed by atoms with Crippen LogP contribution in [0.3, 0.4) is 0 Å². The molecule has 1 atom stereocenters. The van der Waals surface area contributed by atoms with E-state index in [0.29, 0.717) is 17.9 Å². The summed E-state index contributed by atoms with van der Waals surface area (Å²) in [6.45, 7) is 0.0918. The predicted octanol–water partition coefficient (Wildman–Crippen LogP) is 3.62. The van der Waals surface area contributed by atoms with Crippen LogP contribution in [-0.2, 0) is 17.8 Å². The van der Waals surface area contributed by atoms with E-state index in [4.69, 9.17) is 9.15 Å². The quantitative estimate of drug-likeness (QED) is 0.552. The summed E-state index contributed by atoms with van der Waals surface area (Å²) >= 11 is 0. The van der Waals surface area contributed by atoms with E-state index in [1.165, 1.54) is 30.3 Å². The van der Waals surface area contributed by atoms with Gasteiger partial charge >= 0.3 is 0 Å². The van der Waals surface area contributed by atoms with Crippen LogP contribution in [0.5, 0.6) is 5.75 Å². The van der Waals surface area contributed by atoms with E-state index in [1.807, 2.05) is 30.3 Å². The lowest BCUT2D eigenvalue weighted by atomic mass is 10.1. The molecule has 1 aliphatic rings. The Morgan fingerprint density at radius 1 is 1.03 bits per heavy atom. The number of hydrogen-bond donors (Lipinski definition) is 2. The van der Waals surface area contributed by atoms with Gasteiger partial charge in [0.15, 0.2) is 5.76 Å². The maximum Gasteiger partial charge on any atom is 0.287 e. The molecule has 2 N–H and O–H groups in total. The van der Waals surface area contributed by atoms with Gasteiger partial charge in [0.05, 0.1) is 0 Å². The van der Waals surface area contributed by atoms with Crippen molar-refractivity contribution in [2.45, 2.75) is 38.0 Å². The van der Waals surface area contributed by atoms with Crippen LogP contribution in [0.4, 0.5) is 4.39 Å². The van der Waals surface area contributed by atoms with Crippen molar-refractivity contribution in [3.8, 4) is 5.75 Å². The Morgan fingerprint density at radius 2 is 1.77 bits per heavy atom. The maximum atomic E-state index is 13.0. The van der Waals surface area contributed by atoms with Gasteiger partial charge in [-0.25, -0.2) is 4.39 Å². The Bertz CT molecular complexity index is 1030. The Kier molecular flexibility index (Phi) is 6.31. The summed E-state index contributed by atoms with van der Waals surface area (Å²) in [5, 5.41) is 5.73. The number of hydrogen-bond acceptors (Lipinski definition) is 4. The van der Waals surface area contributed by atoms with Crippen LogP contribution in [0.2, 0.25) is 0 Å². The van der Waals surface area contributed by atoms with Crippen LogP contribution in [0.1, 0.15) is 34.7 Å². The second-order valence-electron chi connectivity index (χ2n) is 7.51. The molecule has 0 bridgehead atoms. The highest BCUT2D eigenvalue weighted by Crippen LogP contribution is 2.19. The summed E-state index contributed by atoms with van der Waals surface area (Å²) in [4.78, 5) is 25.4. The van der Waals surface area contributed by atoms with Crippen LogP contribution >= 0.6 is 0 Å². The molecule has 2 amide bonds. The molecule has 1 aliphatic carbocycles. The van der Waals surface area contributed by atoms with Crippen molar-refractivity contribution in [2.24, 2.45) is 0 Å². The topological polar surface area (TPSA) is 80.6 Å². The molecule has 0 radical (unpaired) electrons. The van der Waals surface area contributed by atoms with Gasteiger partial charge in [-0.2, -0.15) is 0 Å². The first-order valence-electron chi connectivity index (χ1n) is 10.2. The molecule has 1 heterocycles. The zero-order chi connectivity index (χ0) is 21.6. The van der Waals surface area contributed by atoms with Gasteiger partial charge in [-0.1, -0.05) is 30.3 Å². The number of carbonyl (C=O) groups is 2. The highest BCUT2D eigenvalue weighted by molar-refractivity contribution is 5.95. The maximum absolute atomic E-state index is 13.0. The molecule has 0 saturated heterocycles. The number of furan rings is 1. The molecule has 31 heavy (non-hydrogen) atoms. The van der Waals surface area contributed by atoms with Gasteiger partial charge < -0.3 is 19.8 Å². The smallest absolute Gasteiger partial charge is 0.287 e. The first kappa shape index (κ1) is 20.7. The predicted molar refractivity (Wildman–Crippen MR) is 112 cm³/mol. The van der Waals surface area contributed by atoms with Crippen molar-refractivity contribution in [3.05, 3.63) is 89.6 Å². The van der Waals surface area contributed by atoms with Gasteiger partial charge in [0.25, 0.3) is 5.91 Å². The van der Waals surface area contributed by atoms with Crippen molar-refractivity contribution in [1.29, 1.82) is 0 Å². The molecule has 0 spiro atoms. The summed E-state index contributed by atoms with van der Waals surface area (Å²) in [7, 11) is 0.